The standard InChI is InChI=1S/C13H11BrINO/c14-11-4-2-1-3-9(11)8-17-13-6-5-10(16)7-12(13)15/h1-7H,8,16H2. The molecule has 0 amide bonds. The lowest BCUT2D eigenvalue weighted by atomic mass is 10.2. The van der Waals surface area contributed by atoms with E-state index < -0.39 is 0 Å². The van der Waals surface area contributed by atoms with Crippen molar-refractivity contribution in [3.05, 3.63) is 56.1 Å². The number of benzene rings is 2. The van der Waals surface area contributed by atoms with Gasteiger partial charge in [-0.15, -0.1) is 0 Å². The van der Waals surface area contributed by atoms with Crippen LogP contribution in [0.3, 0.4) is 0 Å². The lowest BCUT2D eigenvalue weighted by Gasteiger charge is -2.09. The number of hydrogen-bond donors (Lipinski definition) is 1. The van der Waals surface area contributed by atoms with Crippen LogP contribution >= 0.6 is 38.5 Å². The van der Waals surface area contributed by atoms with E-state index in [2.05, 4.69) is 38.5 Å². The molecular formula is C13H11BrINO. The van der Waals surface area contributed by atoms with Crippen LogP contribution in [0.15, 0.2) is 46.9 Å². The monoisotopic (exact) mass is 403 g/mol. The summed E-state index contributed by atoms with van der Waals surface area (Å²) in [6.07, 6.45) is 0. The Bertz CT molecular complexity index is 531. The van der Waals surface area contributed by atoms with Gasteiger partial charge in [-0.3, -0.25) is 0 Å². The molecule has 2 aromatic carbocycles. The number of nitrogens with two attached hydrogens (primary N) is 1. The zero-order chi connectivity index (χ0) is 12.3. The summed E-state index contributed by atoms with van der Waals surface area (Å²) >= 11 is 5.72. The largest absolute Gasteiger partial charge is 0.488 e. The Morgan fingerprint density at radius 2 is 1.94 bits per heavy atom. The van der Waals surface area contributed by atoms with Crippen LogP contribution < -0.4 is 10.5 Å². The zero-order valence-corrected chi connectivity index (χ0v) is 12.7. The fourth-order valence-electron chi connectivity index (χ4n) is 1.41. The number of hydrogen-bond acceptors (Lipinski definition) is 2. The third kappa shape index (κ3) is 3.35. The van der Waals surface area contributed by atoms with Gasteiger partial charge in [0.1, 0.15) is 12.4 Å². The first-order valence-corrected chi connectivity index (χ1v) is 6.95. The summed E-state index contributed by atoms with van der Waals surface area (Å²) in [6, 6.07) is 13.7. The normalized spacial score (nSPS) is 10.2. The second-order valence-electron chi connectivity index (χ2n) is 3.57. The topological polar surface area (TPSA) is 35.2 Å². The summed E-state index contributed by atoms with van der Waals surface area (Å²) in [6.45, 7) is 0.543. The van der Waals surface area contributed by atoms with Gasteiger partial charge in [0.2, 0.25) is 0 Å². The van der Waals surface area contributed by atoms with Crippen molar-refractivity contribution in [2.45, 2.75) is 6.61 Å². The Labute approximate surface area is 122 Å². The van der Waals surface area contributed by atoms with Gasteiger partial charge in [-0.1, -0.05) is 34.1 Å². The first kappa shape index (κ1) is 12.7. The SMILES string of the molecule is Nc1ccc(OCc2ccccc2Br)c(I)c1. The molecule has 0 saturated carbocycles. The van der Waals surface area contributed by atoms with E-state index in [1.807, 2.05) is 42.5 Å². The minimum atomic E-state index is 0.543. The molecule has 0 heterocycles. The van der Waals surface area contributed by atoms with Gasteiger partial charge in [0, 0.05) is 15.7 Å². The molecule has 0 spiro atoms. The molecule has 0 aromatic heterocycles. The van der Waals surface area contributed by atoms with Crippen LogP contribution in [0.5, 0.6) is 5.75 Å². The molecule has 0 saturated heterocycles. The molecule has 2 N–H and O–H groups in total. The third-order valence-electron chi connectivity index (χ3n) is 2.30. The molecule has 2 aromatic rings. The van der Waals surface area contributed by atoms with E-state index in [9.17, 15) is 0 Å². The fraction of sp³-hybridized carbons (Fsp3) is 0.0769. The number of rotatable bonds is 3. The van der Waals surface area contributed by atoms with E-state index in [0.717, 1.165) is 25.0 Å². The maximum atomic E-state index is 5.77. The van der Waals surface area contributed by atoms with Crippen molar-refractivity contribution >= 4 is 44.2 Å². The molecule has 17 heavy (non-hydrogen) atoms. The average molecular weight is 404 g/mol. The van der Waals surface area contributed by atoms with Crippen LogP contribution in [0, 0.1) is 3.57 Å². The fourth-order valence-corrected chi connectivity index (χ4v) is 2.50. The first-order valence-electron chi connectivity index (χ1n) is 5.08. The minimum absolute atomic E-state index is 0.543. The van der Waals surface area contributed by atoms with Gasteiger partial charge in [-0.2, -0.15) is 0 Å². The second kappa shape index (κ2) is 5.73. The first-order chi connectivity index (χ1) is 8.16. The molecule has 0 radical (unpaired) electrons. The quantitative estimate of drug-likeness (QED) is 0.615. The van der Waals surface area contributed by atoms with Crippen LogP contribution in [0.25, 0.3) is 0 Å². The molecule has 0 fully saturated rings. The van der Waals surface area contributed by atoms with Gasteiger partial charge in [0.25, 0.3) is 0 Å². The molecule has 0 unspecified atom stereocenters. The van der Waals surface area contributed by atoms with Gasteiger partial charge in [0.05, 0.1) is 3.57 Å². The van der Waals surface area contributed by atoms with Crippen molar-refractivity contribution in [3.63, 3.8) is 0 Å². The number of nitrogen functional groups attached to an aromatic ring is 1. The average Bonchev–Trinajstić information content (AvgIpc) is 2.30. The van der Waals surface area contributed by atoms with Gasteiger partial charge in [-0.25, -0.2) is 0 Å². The van der Waals surface area contributed by atoms with Gasteiger partial charge in [0.15, 0.2) is 0 Å². The maximum absolute atomic E-state index is 5.77. The smallest absolute Gasteiger partial charge is 0.133 e. The van der Waals surface area contributed by atoms with Crippen molar-refractivity contribution in [3.8, 4) is 5.75 Å². The van der Waals surface area contributed by atoms with Gasteiger partial charge < -0.3 is 10.5 Å². The molecule has 0 aliphatic heterocycles. The van der Waals surface area contributed by atoms with E-state index in [0.29, 0.717) is 6.61 Å². The molecule has 0 atom stereocenters. The van der Waals surface area contributed by atoms with Crippen molar-refractivity contribution in [1.82, 2.24) is 0 Å². The van der Waals surface area contributed by atoms with E-state index in [1.165, 1.54) is 0 Å². The molecular weight excluding hydrogens is 393 g/mol. The Kier molecular flexibility index (Phi) is 4.28. The summed E-state index contributed by atoms with van der Waals surface area (Å²) < 4.78 is 7.85. The minimum Gasteiger partial charge on any atom is -0.488 e. The highest BCUT2D eigenvalue weighted by atomic mass is 127. The Morgan fingerprint density at radius 3 is 2.65 bits per heavy atom. The van der Waals surface area contributed by atoms with E-state index in [4.69, 9.17) is 10.5 Å². The molecule has 2 rings (SSSR count). The molecule has 0 bridgehead atoms. The lowest BCUT2D eigenvalue weighted by molar-refractivity contribution is 0.303. The number of anilines is 1. The molecule has 2 nitrogen and oxygen atoms in total. The molecule has 88 valence electrons. The molecule has 4 heteroatoms. The number of halogens is 2. The van der Waals surface area contributed by atoms with Gasteiger partial charge >= 0.3 is 0 Å². The van der Waals surface area contributed by atoms with Crippen molar-refractivity contribution in [1.29, 1.82) is 0 Å². The summed E-state index contributed by atoms with van der Waals surface area (Å²) in [4.78, 5) is 0. The predicted molar refractivity (Wildman–Crippen MR) is 82.0 cm³/mol. The number of ether oxygens (including phenoxy) is 1. The van der Waals surface area contributed by atoms with Gasteiger partial charge in [-0.05, 0) is 46.9 Å². The van der Waals surface area contributed by atoms with Crippen LogP contribution in [-0.2, 0) is 6.61 Å². The highest BCUT2D eigenvalue weighted by molar-refractivity contribution is 14.1. The Morgan fingerprint density at radius 1 is 1.18 bits per heavy atom. The second-order valence-corrected chi connectivity index (χ2v) is 5.59. The Hall–Kier alpha value is -0.750. The Balaban J connectivity index is 2.10. The predicted octanol–water partition coefficient (Wildman–Crippen LogP) is 4.21. The summed E-state index contributed by atoms with van der Waals surface area (Å²) in [5.41, 5.74) is 7.57. The summed E-state index contributed by atoms with van der Waals surface area (Å²) in [5, 5.41) is 0. The van der Waals surface area contributed by atoms with E-state index in [-0.39, 0.29) is 0 Å². The zero-order valence-electron chi connectivity index (χ0n) is 8.99. The van der Waals surface area contributed by atoms with Crippen LogP contribution in [0.4, 0.5) is 5.69 Å². The maximum Gasteiger partial charge on any atom is 0.133 e. The van der Waals surface area contributed by atoms with E-state index in [1.54, 1.807) is 0 Å². The van der Waals surface area contributed by atoms with Crippen molar-refractivity contribution in [2.75, 3.05) is 5.73 Å². The lowest BCUT2D eigenvalue weighted by Crippen LogP contribution is -1.98. The van der Waals surface area contributed by atoms with E-state index >= 15 is 0 Å². The highest BCUT2D eigenvalue weighted by Crippen LogP contribution is 2.25. The summed E-state index contributed by atoms with van der Waals surface area (Å²) in [7, 11) is 0. The van der Waals surface area contributed by atoms with Crippen LogP contribution in [-0.4, -0.2) is 0 Å². The summed E-state index contributed by atoms with van der Waals surface area (Å²) in [5.74, 6) is 0.857. The van der Waals surface area contributed by atoms with Crippen LogP contribution in [0.1, 0.15) is 5.56 Å². The highest BCUT2D eigenvalue weighted by Gasteiger charge is 2.03. The van der Waals surface area contributed by atoms with Crippen LogP contribution in [0.2, 0.25) is 0 Å². The molecule has 0 aliphatic rings. The third-order valence-corrected chi connectivity index (χ3v) is 3.91. The van der Waals surface area contributed by atoms with Crippen molar-refractivity contribution < 1.29 is 4.74 Å². The van der Waals surface area contributed by atoms with Crippen molar-refractivity contribution in [2.24, 2.45) is 0 Å². The molecule has 0 aliphatic carbocycles.